The second kappa shape index (κ2) is 11.6. The van der Waals surface area contributed by atoms with E-state index in [4.69, 9.17) is 14.5 Å². The summed E-state index contributed by atoms with van der Waals surface area (Å²) in [6, 6.07) is 24.6. The molecule has 7 nitrogen and oxygen atoms in total. The van der Waals surface area contributed by atoms with Crippen LogP contribution in [0.1, 0.15) is 42.5 Å². The van der Waals surface area contributed by atoms with E-state index in [-0.39, 0.29) is 12.2 Å². The van der Waals surface area contributed by atoms with Crippen LogP contribution in [0.2, 0.25) is 0 Å². The first-order valence-electron chi connectivity index (χ1n) is 13.8. The lowest BCUT2D eigenvalue weighted by Gasteiger charge is -2.26. The molecule has 3 aromatic carbocycles. The zero-order valence-electron chi connectivity index (χ0n) is 23.1. The van der Waals surface area contributed by atoms with Gasteiger partial charge < -0.3 is 14.4 Å². The van der Waals surface area contributed by atoms with Crippen LogP contribution in [-0.2, 0) is 9.53 Å². The Hall–Kier alpha value is -4.43. The molecule has 8 heteroatoms. The van der Waals surface area contributed by atoms with Crippen molar-refractivity contribution in [3.05, 3.63) is 121 Å². The van der Waals surface area contributed by atoms with Gasteiger partial charge in [0, 0.05) is 24.3 Å². The quantitative estimate of drug-likeness (QED) is 0.308. The van der Waals surface area contributed by atoms with Gasteiger partial charge in [-0.2, -0.15) is 0 Å². The number of thiazole rings is 1. The van der Waals surface area contributed by atoms with Crippen molar-refractivity contribution in [1.82, 2.24) is 4.57 Å². The van der Waals surface area contributed by atoms with Crippen molar-refractivity contribution in [3.8, 4) is 5.75 Å². The molecule has 1 aromatic heterocycles. The Morgan fingerprint density at radius 3 is 2.49 bits per heavy atom. The van der Waals surface area contributed by atoms with Gasteiger partial charge in [0.2, 0.25) is 0 Å². The number of hydrogen-bond acceptors (Lipinski definition) is 7. The van der Waals surface area contributed by atoms with Crippen molar-refractivity contribution < 1.29 is 14.3 Å². The summed E-state index contributed by atoms with van der Waals surface area (Å²) in [5.74, 6) is 0.124. The van der Waals surface area contributed by atoms with Crippen LogP contribution in [0, 0.1) is 0 Å². The van der Waals surface area contributed by atoms with Gasteiger partial charge in [-0.1, -0.05) is 65.9 Å². The Bertz CT molecular complexity index is 1780. The number of ether oxygens (including phenoxy) is 2. The molecule has 2 aliphatic rings. The topological polar surface area (TPSA) is 73.1 Å². The molecule has 0 unspecified atom stereocenters. The zero-order valence-corrected chi connectivity index (χ0v) is 23.9. The summed E-state index contributed by atoms with van der Waals surface area (Å²) in [7, 11) is 1.59. The summed E-state index contributed by atoms with van der Waals surface area (Å²) in [5, 5.41) is 0. The molecule has 1 fully saturated rings. The maximum Gasteiger partial charge on any atom is 0.338 e. The van der Waals surface area contributed by atoms with Crippen LogP contribution >= 0.6 is 11.3 Å². The molecule has 0 N–H and O–H groups in total. The van der Waals surface area contributed by atoms with E-state index in [9.17, 15) is 9.59 Å². The SMILES string of the molecule is CCOC(=O)C1=C(c2ccccc2)N=c2s/c(=C/c3ccc(N4CCCC4)cc3)c(=O)n2[C@H]1c1cccc(OC)c1. The van der Waals surface area contributed by atoms with Gasteiger partial charge in [-0.25, -0.2) is 9.79 Å². The lowest BCUT2D eigenvalue weighted by Crippen LogP contribution is -2.40. The number of esters is 1. The van der Waals surface area contributed by atoms with Crippen molar-refractivity contribution >= 4 is 34.8 Å². The molecular weight excluding hydrogens is 534 g/mol. The van der Waals surface area contributed by atoms with Gasteiger partial charge >= 0.3 is 5.97 Å². The highest BCUT2D eigenvalue weighted by molar-refractivity contribution is 7.07. The second-order valence-corrected chi connectivity index (χ2v) is 11.0. The average Bonchev–Trinajstić information content (AvgIpc) is 3.66. The molecule has 0 aliphatic carbocycles. The summed E-state index contributed by atoms with van der Waals surface area (Å²) in [6.07, 6.45) is 4.34. The summed E-state index contributed by atoms with van der Waals surface area (Å²) < 4.78 is 13.2. The molecule has 0 radical (unpaired) electrons. The molecule has 0 saturated carbocycles. The highest BCUT2D eigenvalue weighted by atomic mass is 32.1. The third-order valence-electron chi connectivity index (χ3n) is 7.45. The molecule has 4 aromatic rings. The fourth-order valence-corrected chi connectivity index (χ4v) is 6.48. The number of fused-ring (bicyclic) bond motifs is 1. The third kappa shape index (κ3) is 5.23. The minimum Gasteiger partial charge on any atom is -0.497 e. The van der Waals surface area contributed by atoms with Crippen LogP contribution in [0.3, 0.4) is 0 Å². The van der Waals surface area contributed by atoms with Crippen LogP contribution < -0.4 is 24.5 Å². The van der Waals surface area contributed by atoms with E-state index < -0.39 is 12.0 Å². The fourth-order valence-electron chi connectivity index (χ4n) is 5.48. The Morgan fingerprint density at radius 1 is 1.02 bits per heavy atom. The average molecular weight is 566 g/mol. The number of aromatic nitrogens is 1. The van der Waals surface area contributed by atoms with Gasteiger partial charge in [0.1, 0.15) is 5.75 Å². The molecule has 208 valence electrons. The van der Waals surface area contributed by atoms with Gasteiger partial charge in [-0.15, -0.1) is 0 Å². The maximum atomic E-state index is 14.1. The predicted molar refractivity (Wildman–Crippen MR) is 162 cm³/mol. The van der Waals surface area contributed by atoms with E-state index in [1.54, 1.807) is 18.6 Å². The summed E-state index contributed by atoms with van der Waals surface area (Å²) in [6.45, 7) is 4.13. The molecule has 6 rings (SSSR count). The second-order valence-electron chi connectivity index (χ2n) is 9.99. The Labute approximate surface area is 242 Å². The van der Waals surface area contributed by atoms with Crippen molar-refractivity contribution in [1.29, 1.82) is 0 Å². The molecule has 0 bridgehead atoms. The number of rotatable bonds is 7. The Balaban J connectivity index is 1.55. The smallest absolute Gasteiger partial charge is 0.338 e. The zero-order chi connectivity index (χ0) is 28.3. The third-order valence-corrected chi connectivity index (χ3v) is 8.43. The minimum atomic E-state index is -0.740. The van der Waals surface area contributed by atoms with Crippen LogP contribution in [0.5, 0.6) is 5.75 Å². The number of methoxy groups -OCH3 is 1. The van der Waals surface area contributed by atoms with Gasteiger partial charge in [0.25, 0.3) is 5.56 Å². The van der Waals surface area contributed by atoms with Gasteiger partial charge in [-0.05, 0) is 61.2 Å². The van der Waals surface area contributed by atoms with Crippen LogP contribution in [0.4, 0.5) is 5.69 Å². The normalized spacial score (nSPS) is 16.9. The molecular formula is C33H31N3O4S. The van der Waals surface area contributed by atoms with Crippen LogP contribution in [0.15, 0.2) is 94.2 Å². The fraction of sp³-hybridized carbons (Fsp3) is 0.242. The first-order valence-corrected chi connectivity index (χ1v) is 14.7. The number of carbonyl (C=O) groups excluding carboxylic acids is 1. The predicted octanol–water partition coefficient (Wildman–Crippen LogP) is 4.54. The molecule has 0 amide bonds. The number of anilines is 1. The lowest BCUT2D eigenvalue weighted by atomic mass is 9.93. The van der Waals surface area contributed by atoms with Crippen LogP contribution in [-0.4, -0.2) is 37.3 Å². The van der Waals surface area contributed by atoms with E-state index in [1.807, 2.05) is 72.8 Å². The van der Waals surface area contributed by atoms with Gasteiger partial charge in [0.05, 0.1) is 35.6 Å². The summed E-state index contributed by atoms with van der Waals surface area (Å²) in [4.78, 5) is 35.5. The monoisotopic (exact) mass is 565 g/mol. The maximum absolute atomic E-state index is 14.1. The largest absolute Gasteiger partial charge is 0.497 e. The number of benzene rings is 3. The van der Waals surface area contributed by atoms with Crippen molar-refractivity contribution in [2.24, 2.45) is 4.99 Å². The molecule has 41 heavy (non-hydrogen) atoms. The Kier molecular flexibility index (Phi) is 7.57. The van der Waals surface area contributed by atoms with Crippen molar-refractivity contribution in [2.45, 2.75) is 25.8 Å². The van der Waals surface area contributed by atoms with Gasteiger partial charge in [0.15, 0.2) is 4.80 Å². The Morgan fingerprint density at radius 2 is 1.78 bits per heavy atom. The molecule has 1 atom stereocenters. The highest BCUT2D eigenvalue weighted by Crippen LogP contribution is 2.36. The molecule has 2 aliphatic heterocycles. The van der Waals surface area contributed by atoms with Crippen molar-refractivity contribution in [2.75, 3.05) is 31.7 Å². The van der Waals surface area contributed by atoms with E-state index in [0.29, 0.717) is 26.4 Å². The van der Waals surface area contributed by atoms with Gasteiger partial charge in [-0.3, -0.25) is 9.36 Å². The van der Waals surface area contributed by atoms with E-state index in [0.717, 1.165) is 29.8 Å². The number of nitrogens with zero attached hydrogens (tertiary/aromatic N) is 3. The number of hydrogen-bond donors (Lipinski definition) is 0. The van der Waals surface area contributed by atoms with Crippen molar-refractivity contribution in [3.63, 3.8) is 0 Å². The lowest BCUT2D eigenvalue weighted by molar-refractivity contribution is -0.138. The van der Waals surface area contributed by atoms with Crippen LogP contribution in [0.25, 0.3) is 11.8 Å². The first kappa shape index (κ1) is 26.8. The standard InChI is InChI=1S/C33H31N3O4S/c1-3-40-32(38)28-29(23-10-5-4-6-11-23)34-33-36(30(28)24-12-9-13-26(21-24)39-2)31(37)27(41-33)20-22-14-16-25(17-15-22)35-18-7-8-19-35/h4-6,9-17,20-21,30H,3,7-8,18-19H2,1-2H3/b27-20+/t30-/m0/s1. The molecule has 3 heterocycles. The summed E-state index contributed by atoms with van der Waals surface area (Å²) >= 11 is 1.32. The number of carbonyl (C=O) groups is 1. The van der Waals surface area contributed by atoms with E-state index in [2.05, 4.69) is 17.0 Å². The summed E-state index contributed by atoms with van der Waals surface area (Å²) in [5.41, 5.74) is 4.26. The minimum absolute atomic E-state index is 0.201. The molecule has 1 saturated heterocycles. The molecule has 0 spiro atoms. The van der Waals surface area contributed by atoms with E-state index in [1.165, 1.54) is 29.9 Å². The van der Waals surface area contributed by atoms with E-state index >= 15 is 0 Å². The highest BCUT2D eigenvalue weighted by Gasteiger charge is 2.35. The first-order chi connectivity index (χ1) is 20.1.